The molecule has 0 saturated carbocycles. The molecular weight excluding hydrogens is 394 g/mol. The third-order valence-electron chi connectivity index (χ3n) is 4.71. The number of rotatable bonds is 6. The first-order valence-electron chi connectivity index (χ1n) is 9.51. The molecule has 1 atom stereocenters. The number of carbonyl (C=O) groups excluding carboxylic acids is 1. The molecule has 2 aromatic rings. The number of aryl methyl sites for hydroxylation is 1. The molecule has 1 aromatic carbocycles. The standard InChI is InChI=1S/C21H26ClN3O2S/c1-4-28-18-11-19(25-9-10-27-13-14(25)2)24-15(3)20(18)21(26)23-12-16-5-7-17(22)8-6-16/h5-8,11,14H,4,9-10,12-13H2,1-3H3,(H,23,26)/t14-/m1/s1. The van der Waals surface area contributed by atoms with E-state index in [2.05, 4.69) is 24.1 Å². The number of carbonyl (C=O) groups is 1. The lowest BCUT2D eigenvalue weighted by Gasteiger charge is -2.34. The maximum atomic E-state index is 12.9. The van der Waals surface area contributed by atoms with Crippen LogP contribution in [-0.4, -0.2) is 42.4 Å². The molecule has 1 fully saturated rings. The average Bonchev–Trinajstić information content (AvgIpc) is 2.67. The van der Waals surface area contributed by atoms with E-state index in [1.807, 2.05) is 37.3 Å². The lowest BCUT2D eigenvalue weighted by molar-refractivity contribution is 0.0945. The zero-order valence-electron chi connectivity index (χ0n) is 16.5. The number of amides is 1. The van der Waals surface area contributed by atoms with Crippen LogP contribution in [0.3, 0.4) is 0 Å². The highest BCUT2D eigenvalue weighted by Crippen LogP contribution is 2.30. The molecule has 0 bridgehead atoms. The lowest BCUT2D eigenvalue weighted by atomic mass is 10.1. The SMILES string of the molecule is CCSc1cc(N2CCOC[C@H]2C)nc(C)c1C(=O)NCc1ccc(Cl)cc1. The summed E-state index contributed by atoms with van der Waals surface area (Å²) in [6.45, 7) is 8.79. The summed E-state index contributed by atoms with van der Waals surface area (Å²) in [6.07, 6.45) is 0. The number of nitrogens with one attached hydrogen (secondary N) is 1. The summed E-state index contributed by atoms with van der Waals surface area (Å²) in [5.74, 6) is 1.70. The minimum Gasteiger partial charge on any atom is -0.377 e. The molecule has 3 rings (SSSR count). The molecular formula is C21H26ClN3O2S. The minimum atomic E-state index is -0.0996. The summed E-state index contributed by atoms with van der Waals surface area (Å²) < 4.78 is 5.54. The van der Waals surface area contributed by atoms with Crippen molar-refractivity contribution in [1.29, 1.82) is 0 Å². The van der Waals surface area contributed by atoms with Gasteiger partial charge in [0.15, 0.2) is 0 Å². The molecule has 1 aliphatic heterocycles. The van der Waals surface area contributed by atoms with Crippen molar-refractivity contribution >= 4 is 35.1 Å². The quantitative estimate of drug-likeness (QED) is 0.707. The van der Waals surface area contributed by atoms with E-state index >= 15 is 0 Å². The molecule has 7 heteroatoms. The van der Waals surface area contributed by atoms with Gasteiger partial charge in [0.1, 0.15) is 5.82 Å². The van der Waals surface area contributed by atoms with Gasteiger partial charge >= 0.3 is 0 Å². The number of nitrogens with zero attached hydrogens (tertiary/aromatic N) is 2. The molecule has 1 saturated heterocycles. The molecule has 1 aliphatic rings. The van der Waals surface area contributed by atoms with Gasteiger partial charge in [-0.3, -0.25) is 4.79 Å². The molecule has 5 nitrogen and oxygen atoms in total. The fourth-order valence-corrected chi connectivity index (χ4v) is 4.27. The van der Waals surface area contributed by atoms with Gasteiger partial charge in [0, 0.05) is 23.0 Å². The van der Waals surface area contributed by atoms with Crippen LogP contribution in [0.1, 0.15) is 35.5 Å². The smallest absolute Gasteiger partial charge is 0.254 e. The van der Waals surface area contributed by atoms with Crippen LogP contribution in [0.15, 0.2) is 35.2 Å². The summed E-state index contributed by atoms with van der Waals surface area (Å²) in [7, 11) is 0. The highest BCUT2D eigenvalue weighted by molar-refractivity contribution is 7.99. The summed E-state index contributed by atoms with van der Waals surface area (Å²) in [5, 5.41) is 3.70. The van der Waals surface area contributed by atoms with Crippen molar-refractivity contribution in [3.05, 3.63) is 52.2 Å². The Kier molecular flexibility index (Phi) is 7.21. The van der Waals surface area contributed by atoms with Crippen molar-refractivity contribution in [1.82, 2.24) is 10.3 Å². The van der Waals surface area contributed by atoms with Gasteiger partial charge in [-0.25, -0.2) is 4.98 Å². The van der Waals surface area contributed by atoms with E-state index in [0.29, 0.717) is 30.3 Å². The molecule has 0 radical (unpaired) electrons. The van der Waals surface area contributed by atoms with Crippen molar-refractivity contribution in [3.63, 3.8) is 0 Å². The Balaban J connectivity index is 1.82. The number of anilines is 1. The second-order valence-electron chi connectivity index (χ2n) is 6.80. The first-order chi connectivity index (χ1) is 13.5. The van der Waals surface area contributed by atoms with E-state index in [-0.39, 0.29) is 11.9 Å². The number of halogens is 1. The molecule has 1 N–H and O–H groups in total. The number of morpholine rings is 1. The number of aromatic nitrogens is 1. The zero-order valence-corrected chi connectivity index (χ0v) is 18.1. The summed E-state index contributed by atoms with van der Waals surface area (Å²) in [4.78, 5) is 20.9. The molecule has 0 aliphatic carbocycles. The Morgan fingerprint density at radius 1 is 1.39 bits per heavy atom. The Bertz CT molecular complexity index is 829. The maximum absolute atomic E-state index is 12.9. The van der Waals surface area contributed by atoms with Crippen LogP contribution in [0.4, 0.5) is 5.82 Å². The third kappa shape index (κ3) is 4.99. The van der Waals surface area contributed by atoms with Crippen molar-refractivity contribution in [2.45, 2.75) is 38.3 Å². The molecule has 0 spiro atoms. The number of thioether (sulfide) groups is 1. The predicted molar refractivity (Wildman–Crippen MR) is 116 cm³/mol. The zero-order chi connectivity index (χ0) is 20.1. The number of benzene rings is 1. The Morgan fingerprint density at radius 2 is 2.14 bits per heavy atom. The van der Waals surface area contributed by atoms with E-state index in [9.17, 15) is 4.79 Å². The maximum Gasteiger partial charge on any atom is 0.254 e. The number of ether oxygens (including phenoxy) is 1. The van der Waals surface area contributed by atoms with Crippen molar-refractivity contribution < 1.29 is 9.53 Å². The van der Waals surface area contributed by atoms with Crippen molar-refractivity contribution in [3.8, 4) is 0 Å². The summed E-state index contributed by atoms with van der Waals surface area (Å²) in [5.41, 5.74) is 2.41. The molecule has 1 amide bonds. The van der Waals surface area contributed by atoms with E-state index in [1.54, 1.807) is 11.8 Å². The van der Waals surface area contributed by atoms with Gasteiger partial charge in [-0.2, -0.15) is 0 Å². The van der Waals surface area contributed by atoms with Gasteiger partial charge in [0.25, 0.3) is 5.91 Å². The van der Waals surface area contributed by atoms with Crippen LogP contribution in [0.2, 0.25) is 5.02 Å². The second kappa shape index (κ2) is 9.63. The number of pyridine rings is 1. The Morgan fingerprint density at radius 3 is 2.82 bits per heavy atom. The predicted octanol–water partition coefficient (Wildman–Crippen LogP) is 4.31. The molecule has 2 heterocycles. The van der Waals surface area contributed by atoms with Crippen LogP contribution in [-0.2, 0) is 11.3 Å². The van der Waals surface area contributed by atoms with Crippen LogP contribution in [0, 0.1) is 6.92 Å². The molecule has 28 heavy (non-hydrogen) atoms. The largest absolute Gasteiger partial charge is 0.377 e. The fourth-order valence-electron chi connectivity index (χ4n) is 3.26. The van der Waals surface area contributed by atoms with E-state index in [1.165, 1.54) is 0 Å². The molecule has 1 aromatic heterocycles. The van der Waals surface area contributed by atoms with Crippen LogP contribution in [0.25, 0.3) is 0 Å². The van der Waals surface area contributed by atoms with Gasteiger partial charge in [-0.15, -0.1) is 11.8 Å². The Hall–Kier alpha value is -1.76. The third-order valence-corrected chi connectivity index (χ3v) is 5.88. The van der Waals surface area contributed by atoms with Crippen LogP contribution >= 0.6 is 23.4 Å². The number of hydrogen-bond donors (Lipinski definition) is 1. The van der Waals surface area contributed by atoms with Gasteiger partial charge < -0.3 is 15.0 Å². The average molecular weight is 420 g/mol. The van der Waals surface area contributed by atoms with Crippen LogP contribution < -0.4 is 10.2 Å². The highest BCUT2D eigenvalue weighted by atomic mass is 35.5. The second-order valence-corrected chi connectivity index (χ2v) is 8.54. The van der Waals surface area contributed by atoms with E-state index in [4.69, 9.17) is 21.3 Å². The monoisotopic (exact) mass is 419 g/mol. The van der Waals surface area contributed by atoms with Crippen molar-refractivity contribution in [2.24, 2.45) is 0 Å². The van der Waals surface area contributed by atoms with Crippen molar-refractivity contribution in [2.75, 3.05) is 30.4 Å². The topological polar surface area (TPSA) is 54.5 Å². The molecule has 150 valence electrons. The minimum absolute atomic E-state index is 0.0996. The van der Waals surface area contributed by atoms with Gasteiger partial charge in [0.2, 0.25) is 0 Å². The summed E-state index contributed by atoms with van der Waals surface area (Å²) in [6, 6.07) is 9.79. The van der Waals surface area contributed by atoms with E-state index in [0.717, 1.165) is 34.3 Å². The number of hydrogen-bond acceptors (Lipinski definition) is 5. The molecule has 0 unspecified atom stereocenters. The van der Waals surface area contributed by atoms with Gasteiger partial charge in [-0.1, -0.05) is 30.7 Å². The van der Waals surface area contributed by atoms with Gasteiger partial charge in [0.05, 0.1) is 30.5 Å². The van der Waals surface area contributed by atoms with Gasteiger partial charge in [-0.05, 0) is 43.4 Å². The van der Waals surface area contributed by atoms with Crippen LogP contribution in [0.5, 0.6) is 0 Å². The fraction of sp³-hybridized carbons (Fsp3) is 0.429. The van der Waals surface area contributed by atoms with E-state index < -0.39 is 0 Å². The lowest BCUT2D eigenvalue weighted by Crippen LogP contribution is -2.44. The normalized spacial score (nSPS) is 16.9. The highest BCUT2D eigenvalue weighted by Gasteiger charge is 2.24. The summed E-state index contributed by atoms with van der Waals surface area (Å²) >= 11 is 7.60. The first-order valence-corrected chi connectivity index (χ1v) is 10.9. The first kappa shape index (κ1) is 21.0. The Labute approximate surface area is 175 Å².